The van der Waals surface area contributed by atoms with Crippen molar-refractivity contribution in [1.82, 2.24) is 9.80 Å². The lowest BCUT2D eigenvalue weighted by Crippen LogP contribution is -2.56. The highest BCUT2D eigenvalue weighted by Gasteiger charge is 2.37. The van der Waals surface area contributed by atoms with Crippen LogP contribution in [0.3, 0.4) is 0 Å². The third kappa shape index (κ3) is 3.93. The molecule has 0 saturated carbocycles. The third-order valence-corrected chi connectivity index (χ3v) is 6.16. The molecule has 0 amide bonds. The molecule has 0 aliphatic carbocycles. The lowest BCUT2D eigenvalue weighted by molar-refractivity contribution is -0.138. The summed E-state index contributed by atoms with van der Waals surface area (Å²) in [6, 6.07) is -0.0259. The first-order valence-electron chi connectivity index (χ1n) is 7.31. The number of hydrogen-bond donors (Lipinski definition) is 1. The fourth-order valence-electron chi connectivity index (χ4n) is 3.32. The Morgan fingerprint density at radius 1 is 1.25 bits per heavy atom. The van der Waals surface area contributed by atoms with E-state index in [0.29, 0.717) is 12.6 Å². The topological polar surface area (TPSA) is 77.9 Å². The molecule has 1 unspecified atom stereocenters. The maximum Gasteiger partial charge on any atom is 0.304 e. The molecule has 2 heterocycles. The second kappa shape index (κ2) is 6.41. The number of rotatable bonds is 4. The van der Waals surface area contributed by atoms with Crippen molar-refractivity contribution in [2.24, 2.45) is 0 Å². The van der Waals surface area contributed by atoms with Gasteiger partial charge < -0.3 is 10.0 Å². The molecule has 2 rings (SSSR count). The Balaban J connectivity index is 2.03. The maximum absolute atomic E-state index is 11.7. The van der Waals surface area contributed by atoms with Crippen LogP contribution in [0.1, 0.15) is 26.2 Å². The number of carboxylic acid groups (broad SMARTS) is 1. The molecular weight excluding hydrogens is 280 g/mol. The van der Waals surface area contributed by atoms with Gasteiger partial charge in [0, 0.05) is 18.6 Å². The van der Waals surface area contributed by atoms with Gasteiger partial charge >= 0.3 is 5.97 Å². The number of sulfone groups is 1. The lowest BCUT2D eigenvalue weighted by atomic mass is 10.0. The van der Waals surface area contributed by atoms with E-state index in [2.05, 4.69) is 16.7 Å². The minimum Gasteiger partial charge on any atom is -0.481 e. The van der Waals surface area contributed by atoms with Crippen LogP contribution in [0.15, 0.2) is 0 Å². The molecule has 2 fully saturated rings. The van der Waals surface area contributed by atoms with E-state index in [1.807, 2.05) is 0 Å². The molecule has 2 aliphatic heterocycles. The van der Waals surface area contributed by atoms with Crippen LogP contribution in [0.5, 0.6) is 0 Å². The summed E-state index contributed by atoms with van der Waals surface area (Å²) in [6.45, 7) is 5.70. The van der Waals surface area contributed by atoms with Gasteiger partial charge in [0.1, 0.15) is 0 Å². The van der Waals surface area contributed by atoms with E-state index in [-0.39, 0.29) is 24.0 Å². The molecule has 6 nitrogen and oxygen atoms in total. The fourth-order valence-corrected chi connectivity index (χ4v) is 4.88. The van der Waals surface area contributed by atoms with Gasteiger partial charge in [-0.25, -0.2) is 8.42 Å². The number of carbonyl (C=O) groups is 1. The number of piperidine rings is 1. The van der Waals surface area contributed by atoms with Gasteiger partial charge in [0.05, 0.1) is 17.9 Å². The number of carboxylic acids is 1. The molecule has 2 saturated heterocycles. The van der Waals surface area contributed by atoms with Crippen molar-refractivity contribution in [1.29, 1.82) is 0 Å². The first-order chi connectivity index (χ1) is 9.41. The van der Waals surface area contributed by atoms with Crippen LogP contribution in [0, 0.1) is 0 Å². The summed E-state index contributed by atoms with van der Waals surface area (Å²) < 4.78 is 23.5. The molecule has 116 valence electrons. The molecule has 0 aromatic heterocycles. The first kappa shape index (κ1) is 15.7. The predicted molar refractivity (Wildman–Crippen MR) is 76.5 cm³/mol. The second-order valence-electron chi connectivity index (χ2n) is 5.77. The molecule has 7 heteroatoms. The first-order valence-corrected chi connectivity index (χ1v) is 9.13. The standard InChI is InChI=1S/C13H24N2O4S/c1-2-14-5-3-11(4-6-14)15-7-8-20(18,19)10-12(15)9-13(16)17/h11-12H,2-10H2,1H3,(H,16,17). The average molecular weight is 304 g/mol. The van der Waals surface area contributed by atoms with Gasteiger partial charge in [-0.15, -0.1) is 0 Å². The van der Waals surface area contributed by atoms with E-state index in [1.54, 1.807) is 0 Å². The molecule has 20 heavy (non-hydrogen) atoms. The van der Waals surface area contributed by atoms with E-state index in [9.17, 15) is 13.2 Å². The molecule has 1 N–H and O–H groups in total. The van der Waals surface area contributed by atoms with Gasteiger partial charge in [-0.3, -0.25) is 9.69 Å². The van der Waals surface area contributed by atoms with Gasteiger partial charge in [-0.2, -0.15) is 0 Å². The van der Waals surface area contributed by atoms with Crippen molar-refractivity contribution in [3.05, 3.63) is 0 Å². The van der Waals surface area contributed by atoms with Gasteiger partial charge in [-0.05, 0) is 32.5 Å². The molecule has 0 radical (unpaired) electrons. The van der Waals surface area contributed by atoms with Crippen LogP contribution in [0.2, 0.25) is 0 Å². The summed E-state index contributed by atoms with van der Waals surface area (Å²) in [7, 11) is -3.08. The molecule has 0 aromatic rings. The van der Waals surface area contributed by atoms with Crippen LogP contribution < -0.4 is 0 Å². The van der Waals surface area contributed by atoms with Crippen molar-refractivity contribution in [3.8, 4) is 0 Å². The number of hydrogen-bond acceptors (Lipinski definition) is 5. The Kier molecular flexibility index (Phi) is 5.04. The van der Waals surface area contributed by atoms with Crippen LogP contribution in [0.4, 0.5) is 0 Å². The Bertz CT molecular complexity index is 443. The second-order valence-corrected chi connectivity index (χ2v) is 8.00. The molecule has 1 atom stereocenters. The van der Waals surface area contributed by atoms with Crippen LogP contribution in [0.25, 0.3) is 0 Å². The van der Waals surface area contributed by atoms with E-state index in [0.717, 1.165) is 32.5 Å². The molecular formula is C13H24N2O4S. The van der Waals surface area contributed by atoms with Gasteiger partial charge in [0.2, 0.25) is 0 Å². The SMILES string of the molecule is CCN1CCC(N2CCS(=O)(=O)CC2CC(=O)O)CC1. The zero-order chi connectivity index (χ0) is 14.8. The van der Waals surface area contributed by atoms with Crippen molar-refractivity contribution in [2.75, 3.05) is 37.7 Å². The van der Waals surface area contributed by atoms with E-state index >= 15 is 0 Å². The molecule has 0 bridgehead atoms. The maximum atomic E-state index is 11.7. The Hall–Kier alpha value is -0.660. The number of nitrogens with zero attached hydrogens (tertiary/aromatic N) is 2. The van der Waals surface area contributed by atoms with Crippen molar-refractivity contribution >= 4 is 15.8 Å². The molecule has 2 aliphatic rings. The number of aliphatic carboxylic acids is 1. The zero-order valence-corrected chi connectivity index (χ0v) is 12.8. The summed E-state index contributed by atoms with van der Waals surface area (Å²) in [5.74, 6) is -0.757. The molecule has 0 aromatic carbocycles. The smallest absolute Gasteiger partial charge is 0.304 e. The zero-order valence-electron chi connectivity index (χ0n) is 12.0. The Labute approximate surface area is 120 Å². The average Bonchev–Trinajstić information content (AvgIpc) is 2.37. The van der Waals surface area contributed by atoms with E-state index in [4.69, 9.17) is 5.11 Å². The monoisotopic (exact) mass is 304 g/mol. The Morgan fingerprint density at radius 3 is 2.45 bits per heavy atom. The summed E-state index contributed by atoms with van der Waals surface area (Å²) in [4.78, 5) is 15.5. The predicted octanol–water partition coefficient (Wildman–Crippen LogP) is 0.0444. The summed E-state index contributed by atoms with van der Waals surface area (Å²) in [5.41, 5.74) is 0. The lowest BCUT2D eigenvalue weighted by Gasteiger charge is -2.43. The van der Waals surface area contributed by atoms with Gasteiger partial charge in [0.15, 0.2) is 9.84 Å². The minimum atomic E-state index is -3.08. The third-order valence-electron chi connectivity index (χ3n) is 4.46. The van der Waals surface area contributed by atoms with Crippen molar-refractivity contribution in [3.63, 3.8) is 0 Å². The van der Waals surface area contributed by atoms with Crippen LogP contribution >= 0.6 is 0 Å². The highest BCUT2D eigenvalue weighted by atomic mass is 32.2. The van der Waals surface area contributed by atoms with Crippen LogP contribution in [-0.2, 0) is 14.6 Å². The quantitative estimate of drug-likeness (QED) is 0.790. The van der Waals surface area contributed by atoms with Crippen molar-refractivity contribution < 1.29 is 18.3 Å². The highest BCUT2D eigenvalue weighted by Crippen LogP contribution is 2.24. The molecule has 0 spiro atoms. The Morgan fingerprint density at radius 2 is 1.90 bits per heavy atom. The number of likely N-dealkylation sites (tertiary alicyclic amines) is 1. The van der Waals surface area contributed by atoms with Crippen LogP contribution in [-0.4, -0.2) is 79.1 Å². The minimum absolute atomic E-state index is 0.00665. The van der Waals surface area contributed by atoms with E-state index in [1.165, 1.54) is 0 Å². The fraction of sp³-hybridized carbons (Fsp3) is 0.923. The summed E-state index contributed by atoms with van der Waals surface area (Å²) >= 11 is 0. The highest BCUT2D eigenvalue weighted by molar-refractivity contribution is 7.91. The summed E-state index contributed by atoms with van der Waals surface area (Å²) in [5, 5.41) is 9.00. The van der Waals surface area contributed by atoms with Crippen molar-refractivity contribution in [2.45, 2.75) is 38.3 Å². The summed E-state index contributed by atoms with van der Waals surface area (Å²) in [6.07, 6.45) is 1.93. The van der Waals surface area contributed by atoms with Gasteiger partial charge in [-0.1, -0.05) is 6.92 Å². The normalized spacial score (nSPS) is 29.4. The van der Waals surface area contributed by atoms with E-state index < -0.39 is 15.8 Å². The van der Waals surface area contributed by atoms with Gasteiger partial charge in [0.25, 0.3) is 0 Å². The largest absolute Gasteiger partial charge is 0.481 e.